The summed E-state index contributed by atoms with van der Waals surface area (Å²) in [6.07, 6.45) is 3.87. The average molecular weight is 269 g/mol. The summed E-state index contributed by atoms with van der Waals surface area (Å²) in [6.45, 7) is 4.28. The lowest BCUT2D eigenvalue weighted by Crippen LogP contribution is -2.30. The zero-order valence-electron chi connectivity index (χ0n) is 11.0. The molecule has 1 unspecified atom stereocenters. The zero-order chi connectivity index (χ0) is 13.5. The van der Waals surface area contributed by atoms with E-state index >= 15 is 0 Å². The number of hydrogen-bond donors (Lipinski definition) is 1. The number of anilines is 1. The van der Waals surface area contributed by atoms with Crippen molar-refractivity contribution in [3.8, 4) is 0 Å². The van der Waals surface area contributed by atoms with E-state index in [-0.39, 0.29) is 5.69 Å². The molecule has 6 heteroatoms. The quantitative estimate of drug-likeness (QED) is 0.765. The Bertz CT molecular complexity index is 383. The molecule has 0 saturated heterocycles. The Morgan fingerprint density at radius 1 is 1.50 bits per heavy atom. The number of carboxylic acids is 1. The number of hydrogen-bond acceptors (Lipinski definition) is 5. The zero-order valence-corrected chi connectivity index (χ0v) is 11.8. The molecule has 0 spiro atoms. The Morgan fingerprint density at radius 3 is 2.72 bits per heavy atom. The lowest BCUT2D eigenvalue weighted by atomic mass is 10.2. The molecule has 18 heavy (non-hydrogen) atoms. The second-order valence-corrected chi connectivity index (χ2v) is 5.40. The smallest absolute Gasteiger partial charge is 0.356 e. The summed E-state index contributed by atoms with van der Waals surface area (Å²) in [5.74, 6) is 1.89. The number of nitrogens with zero attached hydrogens (tertiary/aromatic N) is 3. The fraction of sp³-hybridized carbons (Fsp3) is 0.583. The first-order chi connectivity index (χ1) is 8.56. The molecule has 1 rings (SSSR count). The summed E-state index contributed by atoms with van der Waals surface area (Å²) in [5, 5.41) is 8.75. The van der Waals surface area contributed by atoms with Crippen molar-refractivity contribution in [1.29, 1.82) is 0 Å². The van der Waals surface area contributed by atoms with E-state index in [1.807, 2.05) is 23.7 Å². The van der Waals surface area contributed by atoms with Crippen molar-refractivity contribution >= 4 is 23.5 Å². The molecule has 1 aromatic heterocycles. The molecule has 0 saturated carbocycles. The minimum Gasteiger partial charge on any atom is -0.476 e. The van der Waals surface area contributed by atoms with Gasteiger partial charge in [0.2, 0.25) is 0 Å². The molecule has 1 aromatic rings. The summed E-state index contributed by atoms with van der Waals surface area (Å²) < 4.78 is 0. The van der Waals surface area contributed by atoms with Crippen LogP contribution in [0.25, 0.3) is 0 Å². The van der Waals surface area contributed by atoms with Crippen molar-refractivity contribution in [2.45, 2.75) is 26.3 Å². The van der Waals surface area contributed by atoms with Crippen molar-refractivity contribution < 1.29 is 9.90 Å². The molecule has 0 aliphatic heterocycles. The molecule has 0 bridgehead atoms. The van der Waals surface area contributed by atoms with Gasteiger partial charge in [0.25, 0.3) is 0 Å². The van der Waals surface area contributed by atoms with Crippen LogP contribution in [0.3, 0.4) is 0 Å². The minimum absolute atomic E-state index is 0.0265. The molecule has 0 amide bonds. The van der Waals surface area contributed by atoms with Gasteiger partial charge in [-0.25, -0.2) is 14.8 Å². The molecule has 1 N–H and O–H groups in total. The van der Waals surface area contributed by atoms with Crippen molar-refractivity contribution in [2.75, 3.05) is 23.5 Å². The van der Waals surface area contributed by atoms with Gasteiger partial charge in [-0.05, 0) is 24.9 Å². The van der Waals surface area contributed by atoms with Gasteiger partial charge in [0.05, 0.1) is 12.4 Å². The lowest BCUT2D eigenvalue weighted by Gasteiger charge is -2.25. The van der Waals surface area contributed by atoms with Crippen LogP contribution in [0, 0.1) is 0 Å². The van der Waals surface area contributed by atoms with Crippen LogP contribution in [0.2, 0.25) is 0 Å². The van der Waals surface area contributed by atoms with Crippen molar-refractivity contribution in [2.24, 2.45) is 0 Å². The maximum atomic E-state index is 10.7. The highest BCUT2D eigenvalue weighted by Crippen LogP contribution is 2.14. The fourth-order valence-corrected chi connectivity index (χ4v) is 2.23. The van der Waals surface area contributed by atoms with Crippen LogP contribution in [-0.2, 0) is 0 Å². The van der Waals surface area contributed by atoms with Crippen molar-refractivity contribution in [3.63, 3.8) is 0 Å². The third-order valence-corrected chi connectivity index (χ3v) is 3.70. The van der Waals surface area contributed by atoms with E-state index in [4.69, 9.17) is 5.11 Å². The first-order valence-corrected chi connectivity index (χ1v) is 7.07. The molecular formula is C12H19N3O2S. The van der Waals surface area contributed by atoms with E-state index in [0.29, 0.717) is 11.9 Å². The molecule has 1 heterocycles. The predicted octanol–water partition coefficient (Wildman–Crippen LogP) is 2.14. The molecule has 0 aromatic carbocycles. The molecule has 0 aliphatic carbocycles. The standard InChI is InChI=1S/C12H19N3O2S/c1-4-18-6-5-9(2)15(3)11-8-13-10(7-14-11)12(16)17/h7-9H,4-6H2,1-3H3,(H,16,17). The third-order valence-electron chi connectivity index (χ3n) is 2.76. The van der Waals surface area contributed by atoms with Crippen LogP contribution in [0.4, 0.5) is 5.82 Å². The predicted molar refractivity (Wildman–Crippen MR) is 74.5 cm³/mol. The largest absolute Gasteiger partial charge is 0.476 e. The summed E-state index contributed by atoms with van der Waals surface area (Å²) in [6, 6.07) is 0.356. The van der Waals surface area contributed by atoms with Gasteiger partial charge in [-0.2, -0.15) is 11.8 Å². The van der Waals surface area contributed by atoms with Gasteiger partial charge < -0.3 is 10.0 Å². The lowest BCUT2D eigenvalue weighted by molar-refractivity contribution is 0.0690. The Labute approximate surface area is 112 Å². The Morgan fingerprint density at radius 2 is 2.22 bits per heavy atom. The molecule has 0 aliphatic rings. The third kappa shape index (κ3) is 4.18. The van der Waals surface area contributed by atoms with Crippen molar-refractivity contribution in [3.05, 3.63) is 18.1 Å². The van der Waals surface area contributed by atoms with Crippen LogP contribution < -0.4 is 4.90 Å². The van der Waals surface area contributed by atoms with Gasteiger partial charge in [-0.3, -0.25) is 0 Å². The van der Waals surface area contributed by atoms with E-state index in [2.05, 4.69) is 23.8 Å². The summed E-state index contributed by atoms with van der Waals surface area (Å²) >= 11 is 1.91. The number of carboxylic acid groups (broad SMARTS) is 1. The van der Waals surface area contributed by atoms with E-state index < -0.39 is 5.97 Å². The van der Waals surface area contributed by atoms with Gasteiger partial charge >= 0.3 is 5.97 Å². The van der Waals surface area contributed by atoms with E-state index in [0.717, 1.165) is 17.9 Å². The minimum atomic E-state index is -1.05. The normalized spacial score (nSPS) is 12.2. The van der Waals surface area contributed by atoms with E-state index in [9.17, 15) is 4.79 Å². The van der Waals surface area contributed by atoms with Crippen LogP contribution in [0.15, 0.2) is 12.4 Å². The first-order valence-electron chi connectivity index (χ1n) is 5.92. The summed E-state index contributed by atoms with van der Waals surface area (Å²) in [7, 11) is 1.95. The maximum absolute atomic E-state index is 10.7. The molecule has 100 valence electrons. The number of aromatic carboxylic acids is 1. The Balaban J connectivity index is 2.59. The molecule has 5 nitrogen and oxygen atoms in total. The van der Waals surface area contributed by atoms with Crippen LogP contribution in [0.5, 0.6) is 0 Å². The number of rotatable bonds is 7. The second-order valence-electron chi connectivity index (χ2n) is 4.01. The summed E-state index contributed by atoms with van der Waals surface area (Å²) in [4.78, 5) is 20.7. The van der Waals surface area contributed by atoms with Gasteiger partial charge in [-0.1, -0.05) is 6.92 Å². The van der Waals surface area contributed by atoms with Crippen molar-refractivity contribution in [1.82, 2.24) is 9.97 Å². The average Bonchev–Trinajstić information content (AvgIpc) is 2.38. The number of thioether (sulfide) groups is 1. The maximum Gasteiger partial charge on any atom is 0.356 e. The van der Waals surface area contributed by atoms with E-state index in [1.165, 1.54) is 12.4 Å². The van der Waals surface area contributed by atoms with Crippen LogP contribution >= 0.6 is 11.8 Å². The molecule has 1 atom stereocenters. The van der Waals surface area contributed by atoms with E-state index in [1.54, 1.807) is 0 Å². The van der Waals surface area contributed by atoms with Gasteiger partial charge in [0.1, 0.15) is 5.82 Å². The van der Waals surface area contributed by atoms with Crippen LogP contribution in [-0.4, -0.2) is 45.6 Å². The van der Waals surface area contributed by atoms with Crippen LogP contribution in [0.1, 0.15) is 30.8 Å². The fourth-order valence-electron chi connectivity index (χ4n) is 1.43. The number of carbonyl (C=O) groups is 1. The Kier molecular flexibility index (Phi) is 5.91. The molecule has 0 fully saturated rings. The highest BCUT2D eigenvalue weighted by molar-refractivity contribution is 7.99. The van der Waals surface area contributed by atoms with Gasteiger partial charge in [0, 0.05) is 13.1 Å². The SMILES string of the molecule is CCSCCC(C)N(C)c1cnc(C(=O)O)cn1. The molecule has 0 radical (unpaired) electrons. The van der Waals surface area contributed by atoms with Gasteiger partial charge in [-0.15, -0.1) is 0 Å². The van der Waals surface area contributed by atoms with Gasteiger partial charge in [0.15, 0.2) is 5.69 Å². The monoisotopic (exact) mass is 269 g/mol. The number of aromatic nitrogens is 2. The second kappa shape index (κ2) is 7.20. The highest BCUT2D eigenvalue weighted by atomic mass is 32.2. The first kappa shape index (κ1) is 14.8. The topological polar surface area (TPSA) is 66.3 Å². The Hall–Kier alpha value is -1.30. The highest BCUT2D eigenvalue weighted by Gasteiger charge is 2.12. The summed E-state index contributed by atoms with van der Waals surface area (Å²) in [5.41, 5.74) is -0.0265. The molecular weight excluding hydrogens is 250 g/mol.